The van der Waals surface area contributed by atoms with E-state index in [-0.39, 0.29) is 5.69 Å². The molecule has 2 aromatic rings. The van der Waals surface area contributed by atoms with Crippen molar-refractivity contribution >= 4 is 17.6 Å². The number of nitrogens with zero attached hydrogens (tertiary/aromatic N) is 4. The molecular weight excluding hydrogens is 430 g/mol. The van der Waals surface area contributed by atoms with Crippen LogP contribution in [0.25, 0.3) is 0 Å². The Morgan fingerprint density at radius 1 is 1.12 bits per heavy atom. The summed E-state index contributed by atoms with van der Waals surface area (Å²) < 4.78 is 7.84. The molecule has 1 aromatic carbocycles. The van der Waals surface area contributed by atoms with E-state index in [1.807, 2.05) is 0 Å². The number of benzene rings is 1. The van der Waals surface area contributed by atoms with Crippen LogP contribution >= 0.6 is 0 Å². The number of carbonyl (C=O) groups excluding carboxylic acids is 1. The fraction of sp³-hybridized carbons (Fsp3) is 0.500. The second-order valence-electron chi connectivity index (χ2n) is 8.69. The fourth-order valence-corrected chi connectivity index (χ4v) is 3.10. The predicted molar refractivity (Wildman–Crippen MR) is 125 cm³/mol. The SMILES string of the molecule is Cn1c(NCCN(CCCc2ccc([N+](=O)[O-])cc2)C(=O)OC(C)(C)C)cc(=O)n(C)c1=O. The van der Waals surface area contributed by atoms with Crippen LogP contribution in [0, 0.1) is 10.1 Å². The number of nitro groups is 1. The average Bonchev–Trinajstić information content (AvgIpc) is 2.73. The van der Waals surface area contributed by atoms with Crippen LogP contribution in [0.1, 0.15) is 32.8 Å². The Hall–Kier alpha value is -3.63. The summed E-state index contributed by atoms with van der Waals surface area (Å²) in [6.45, 7) is 6.36. The van der Waals surface area contributed by atoms with Gasteiger partial charge < -0.3 is 15.0 Å². The molecule has 11 nitrogen and oxygen atoms in total. The van der Waals surface area contributed by atoms with E-state index in [1.165, 1.54) is 29.8 Å². The normalized spacial score (nSPS) is 11.2. The number of nitro benzene ring substituents is 1. The summed E-state index contributed by atoms with van der Waals surface area (Å²) in [7, 11) is 2.96. The standard InChI is InChI=1S/C22H31N5O6/c1-22(2,3)33-21(30)26(13-6-7-16-8-10-17(11-9-16)27(31)32)14-12-23-18-15-19(28)25(5)20(29)24(18)4/h8-11,15,23H,6-7,12-14H2,1-5H3. The van der Waals surface area contributed by atoms with Gasteiger partial charge in [0.05, 0.1) is 4.92 Å². The number of hydrogen-bond acceptors (Lipinski definition) is 7. The molecule has 0 aliphatic heterocycles. The van der Waals surface area contributed by atoms with Crippen LogP contribution in [-0.4, -0.2) is 50.3 Å². The first kappa shape index (κ1) is 25.6. The van der Waals surface area contributed by atoms with Crippen molar-refractivity contribution in [2.24, 2.45) is 14.1 Å². The van der Waals surface area contributed by atoms with Gasteiger partial charge in [0.25, 0.3) is 11.2 Å². The monoisotopic (exact) mass is 461 g/mol. The number of rotatable bonds is 9. The highest BCUT2D eigenvalue weighted by atomic mass is 16.6. The fourth-order valence-electron chi connectivity index (χ4n) is 3.10. The third kappa shape index (κ3) is 7.48. The minimum atomic E-state index is -0.656. The Morgan fingerprint density at radius 3 is 2.33 bits per heavy atom. The average molecular weight is 462 g/mol. The summed E-state index contributed by atoms with van der Waals surface area (Å²) in [5, 5.41) is 13.8. The second kappa shape index (κ2) is 10.8. The van der Waals surface area contributed by atoms with Crippen LogP contribution < -0.4 is 16.6 Å². The van der Waals surface area contributed by atoms with Crippen molar-refractivity contribution in [1.29, 1.82) is 0 Å². The minimum absolute atomic E-state index is 0.0327. The Balaban J connectivity index is 2.02. The zero-order valence-corrected chi connectivity index (χ0v) is 19.7. The Bertz CT molecular complexity index is 1100. The van der Waals surface area contributed by atoms with Crippen LogP contribution in [0.2, 0.25) is 0 Å². The molecule has 11 heteroatoms. The van der Waals surface area contributed by atoms with E-state index < -0.39 is 27.9 Å². The lowest BCUT2D eigenvalue weighted by atomic mass is 10.1. The molecule has 0 fully saturated rings. The zero-order valence-electron chi connectivity index (χ0n) is 19.7. The Kier molecular flexibility index (Phi) is 8.38. The third-order valence-corrected chi connectivity index (χ3v) is 4.91. The van der Waals surface area contributed by atoms with Gasteiger partial charge in [-0.1, -0.05) is 12.1 Å². The number of ether oxygens (including phenoxy) is 1. The van der Waals surface area contributed by atoms with Gasteiger partial charge in [-0.05, 0) is 39.2 Å². The number of amides is 1. The molecule has 0 aliphatic carbocycles. The van der Waals surface area contributed by atoms with Crippen molar-refractivity contribution in [3.05, 3.63) is 66.8 Å². The Labute approximate surface area is 191 Å². The second-order valence-corrected chi connectivity index (χ2v) is 8.69. The van der Waals surface area contributed by atoms with Crippen LogP contribution in [0.5, 0.6) is 0 Å². The van der Waals surface area contributed by atoms with E-state index >= 15 is 0 Å². The molecule has 1 N–H and O–H groups in total. The number of hydrogen-bond donors (Lipinski definition) is 1. The quantitative estimate of drug-likeness (QED) is 0.448. The lowest BCUT2D eigenvalue weighted by Crippen LogP contribution is -2.41. The van der Waals surface area contributed by atoms with Gasteiger partial charge in [-0.25, -0.2) is 9.59 Å². The van der Waals surface area contributed by atoms with Gasteiger partial charge in [-0.15, -0.1) is 0 Å². The molecule has 0 radical (unpaired) electrons. The number of carbonyl (C=O) groups is 1. The van der Waals surface area contributed by atoms with Gasteiger partial charge in [0.2, 0.25) is 0 Å². The van der Waals surface area contributed by atoms with Gasteiger partial charge >= 0.3 is 11.8 Å². The first-order valence-electron chi connectivity index (χ1n) is 10.6. The lowest BCUT2D eigenvalue weighted by Gasteiger charge is -2.27. The summed E-state index contributed by atoms with van der Waals surface area (Å²) in [6.07, 6.45) is 0.793. The van der Waals surface area contributed by atoms with Gasteiger partial charge in [-0.2, -0.15) is 0 Å². The smallest absolute Gasteiger partial charge is 0.410 e. The Morgan fingerprint density at radius 2 is 1.76 bits per heavy atom. The molecule has 180 valence electrons. The predicted octanol–water partition coefficient (Wildman–Crippen LogP) is 2.27. The number of nitrogens with one attached hydrogen (secondary N) is 1. The largest absolute Gasteiger partial charge is 0.444 e. The molecule has 0 aliphatic rings. The molecule has 1 aromatic heterocycles. The summed E-state index contributed by atoms with van der Waals surface area (Å²) in [5.41, 5.74) is -0.565. The van der Waals surface area contributed by atoms with Gasteiger partial charge in [-0.3, -0.25) is 24.0 Å². The summed E-state index contributed by atoms with van der Waals surface area (Å²) in [4.78, 5) is 48.5. The van der Waals surface area contributed by atoms with Crippen molar-refractivity contribution in [3.63, 3.8) is 0 Å². The molecule has 2 rings (SSSR count). The van der Waals surface area contributed by atoms with E-state index in [1.54, 1.807) is 44.9 Å². The highest BCUT2D eigenvalue weighted by molar-refractivity contribution is 5.68. The summed E-state index contributed by atoms with van der Waals surface area (Å²) >= 11 is 0. The molecule has 1 heterocycles. The van der Waals surface area contributed by atoms with Crippen LogP contribution in [0.3, 0.4) is 0 Å². The molecule has 0 saturated heterocycles. The molecular formula is C22H31N5O6. The van der Waals surface area contributed by atoms with E-state index in [9.17, 15) is 24.5 Å². The molecule has 0 saturated carbocycles. The summed E-state index contributed by atoms with van der Waals surface area (Å²) in [5.74, 6) is 0.359. The maximum Gasteiger partial charge on any atom is 0.410 e. The van der Waals surface area contributed by atoms with Crippen LogP contribution in [0.4, 0.5) is 16.3 Å². The van der Waals surface area contributed by atoms with Gasteiger partial charge in [0.1, 0.15) is 11.4 Å². The van der Waals surface area contributed by atoms with Crippen molar-refractivity contribution in [1.82, 2.24) is 14.0 Å². The number of non-ortho nitro benzene ring substituents is 1. The maximum atomic E-state index is 12.7. The van der Waals surface area contributed by atoms with Crippen molar-refractivity contribution < 1.29 is 14.5 Å². The maximum absolute atomic E-state index is 12.7. The highest BCUT2D eigenvalue weighted by Gasteiger charge is 2.22. The summed E-state index contributed by atoms with van der Waals surface area (Å²) in [6, 6.07) is 7.65. The van der Waals surface area contributed by atoms with Crippen molar-refractivity contribution in [2.45, 2.75) is 39.2 Å². The zero-order chi connectivity index (χ0) is 24.8. The topological polar surface area (TPSA) is 129 Å². The van der Waals surface area contributed by atoms with Crippen molar-refractivity contribution in [2.75, 3.05) is 25.0 Å². The first-order chi connectivity index (χ1) is 15.4. The van der Waals surface area contributed by atoms with Crippen LogP contribution in [0.15, 0.2) is 39.9 Å². The lowest BCUT2D eigenvalue weighted by molar-refractivity contribution is -0.384. The van der Waals surface area contributed by atoms with E-state index in [4.69, 9.17) is 4.74 Å². The van der Waals surface area contributed by atoms with Crippen molar-refractivity contribution in [3.8, 4) is 0 Å². The van der Waals surface area contributed by atoms with Gasteiger partial charge in [0, 0.05) is 51.9 Å². The highest BCUT2D eigenvalue weighted by Crippen LogP contribution is 2.14. The first-order valence-corrected chi connectivity index (χ1v) is 10.6. The molecule has 0 atom stereocenters. The number of aryl methyl sites for hydroxylation is 1. The molecule has 1 amide bonds. The van der Waals surface area contributed by atoms with E-state index in [0.717, 1.165) is 10.1 Å². The van der Waals surface area contributed by atoms with E-state index in [2.05, 4.69) is 5.32 Å². The molecule has 33 heavy (non-hydrogen) atoms. The number of aromatic nitrogens is 2. The third-order valence-electron chi connectivity index (χ3n) is 4.91. The van der Waals surface area contributed by atoms with Crippen LogP contribution in [-0.2, 0) is 25.3 Å². The minimum Gasteiger partial charge on any atom is -0.444 e. The molecule has 0 unspecified atom stereocenters. The number of anilines is 1. The van der Waals surface area contributed by atoms with E-state index in [0.29, 0.717) is 38.3 Å². The van der Waals surface area contributed by atoms with Gasteiger partial charge in [0.15, 0.2) is 0 Å². The molecule has 0 spiro atoms. The molecule has 0 bridgehead atoms.